The average molecular weight is 366 g/mol. The predicted molar refractivity (Wildman–Crippen MR) is 94.4 cm³/mol. The highest BCUT2D eigenvalue weighted by molar-refractivity contribution is 5.83. The Balaban J connectivity index is 2.89. The first-order valence-electron chi connectivity index (χ1n) is 8.32. The molecule has 0 radical (unpaired) electrons. The fourth-order valence-electron chi connectivity index (χ4n) is 2.10. The van der Waals surface area contributed by atoms with Crippen LogP contribution in [0.4, 0.5) is 4.79 Å². The van der Waals surface area contributed by atoms with Gasteiger partial charge in [0, 0.05) is 5.56 Å². The maximum atomic E-state index is 12.4. The summed E-state index contributed by atoms with van der Waals surface area (Å²) < 4.78 is 10.5. The van der Waals surface area contributed by atoms with Crippen LogP contribution in [0.2, 0.25) is 0 Å². The molecule has 0 heterocycles. The zero-order chi connectivity index (χ0) is 19.7. The number of aliphatic carboxylic acids is 1. The zero-order valence-corrected chi connectivity index (χ0v) is 15.2. The molecule has 2 atom stereocenters. The largest absolute Gasteiger partial charge is 0.480 e. The maximum absolute atomic E-state index is 12.4. The van der Waals surface area contributed by atoms with E-state index in [2.05, 4.69) is 5.32 Å². The molecule has 1 aromatic rings. The quantitative estimate of drug-likeness (QED) is 0.600. The summed E-state index contributed by atoms with van der Waals surface area (Å²) in [5.41, 5.74) is 5.02. The van der Waals surface area contributed by atoms with E-state index in [1.807, 2.05) is 0 Å². The van der Waals surface area contributed by atoms with Gasteiger partial charge in [-0.1, -0.05) is 30.3 Å². The van der Waals surface area contributed by atoms with Gasteiger partial charge in [-0.3, -0.25) is 0 Å². The molecular weight excluding hydrogens is 340 g/mol. The number of ether oxygens (including phenoxy) is 2. The fraction of sp³-hybridized carbons (Fsp3) is 0.500. The monoisotopic (exact) mass is 366 g/mol. The van der Waals surface area contributed by atoms with Crippen molar-refractivity contribution in [2.24, 2.45) is 5.73 Å². The fourth-order valence-corrected chi connectivity index (χ4v) is 2.10. The third kappa shape index (κ3) is 7.52. The van der Waals surface area contributed by atoms with Gasteiger partial charge in [0.2, 0.25) is 6.10 Å². The molecule has 0 aliphatic rings. The Labute approximate surface area is 152 Å². The maximum Gasteiger partial charge on any atom is 0.409 e. The summed E-state index contributed by atoms with van der Waals surface area (Å²) in [6.45, 7) is 5.38. The number of carboxylic acid groups (broad SMARTS) is 1. The lowest BCUT2D eigenvalue weighted by molar-refractivity contribution is -0.165. The molecule has 0 fully saturated rings. The molecule has 144 valence electrons. The van der Waals surface area contributed by atoms with Crippen LogP contribution in [0.3, 0.4) is 0 Å². The number of esters is 1. The Kier molecular flexibility index (Phi) is 8.05. The molecule has 0 aliphatic heterocycles. The summed E-state index contributed by atoms with van der Waals surface area (Å²) in [5.74, 6) is -1.95. The second-order valence-electron chi connectivity index (χ2n) is 6.70. The number of amides is 1. The molecule has 1 amide bonds. The van der Waals surface area contributed by atoms with E-state index in [9.17, 15) is 14.4 Å². The van der Waals surface area contributed by atoms with Gasteiger partial charge in [0.05, 0.1) is 0 Å². The van der Waals surface area contributed by atoms with E-state index >= 15 is 0 Å². The number of alkyl carbamates (subject to hydrolysis) is 1. The first kappa shape index (κ1) is 21.4. The van der Waals surface area contributed by atoms with Gasteiger partial charge in [0.1, 0.15) is 11.6 Å². The number of carboxylic acids is 1. The molecule has 0 aliphatic carbocycles. The number of nitrogens with one attached hydrogen (secondary N) is 1. The highest BCUT2D eigenvalue weighted by Crippen LogP contribution is 2.22. The van der Waals surface area contributed by atoms with Crippen molar-refractivity contribution in [2.45, 2.75) is 51.4 Å². The van der Waals surface area contributed by atoms with E-state index in [1.54, 1.807) is 51.1 Å². The number of hydrogen-bond acceptors (Lipinski definition) is 6. The van der Waals surface area contributed by atoms with Crippen LogP contribution in [0.15, 0.2) is 30.3 Å². The van der Waals surface area contributed by atoms with Crippen molar-refractivity contribution in [2.75, 3.05) is 6.54 Å². The van der Waals surface area contributed by atoms with Crippen LogP contribution in [-0.2, 0) is 19.1 Å². The van der Waals surface area contributed by atoms with Crippen molar-refractivity contribution in [3.8, 4) is 0 Å². The number of carbonyl (C=O) groups excluding carboxylic acids is 2. The van der Waals surface area contributed by atoms with Gasteiger partial charge in [-0.2, -0.15) is 0 Å². The van der Waals surface area contributed by atoms with Gasteiger partial charge >= 0.3 is 18.0 Å². The van der Waals surface area contributed by atoms with E-state index in [0.717, 1.165) is 0 Å². The van der Waals surface area contributed by atoms with Gasteiger partial charge in [-0.15, -0.1) is 0 Å². The molecule has 1 aromatic carbocycles. The third-order valence-electron chi connectivity index (χ3n) is 3.24. The van der Waals surface area contributed by atoms with Gasteiger partial charge < -0.3 is 25.6 Å². The van der Waals surface area contributed by atoms with Crippen molar-refractivity contribution in [3.05, 3.63) is 35.9 Å². The van der Waals surface area contributed by atoms with E-state index in [0.29, 0.717) is 18.5 Å². The van der Waals surface area contributed by atoms with Crippen LogP contribution in [0, 0.1) is 0 Å². The van der Waals surface area contributed by atoms with Crippen molar-refractivity contribution in [1.82, 2.24) is 5.32 Å². The highest BCUT2D eigenvalue weighted by atomic mass is 16.6. The molecule has 1 rings (SSSR count). The molecule has 26 heavy (non-hydrogen) atoms. The highest BCUT2D eigenvalue weighted by Gasteiger charge is 2.31. The molecular formula is C18H26N2O6. The van der Waals surface area contributed by atoms with Crippen molar-refractivity contribution in [3.63, 3.8) is 0 Å². The summed E-state index contributed by atoms with van der Waals surface area (Å²) in [5, 5.41) is 11.4. The second kappa shape index (κ2) is 9.76. The zero-order valence-electron chi connectivity index (χ0n) is 15.2. The Bertz CT molecular complexity index is 612. The SMILES string of the molecule is CC(C)(C)OC(=O)C(OC(=O)N[C@@H](CCCN)C(=O)O)c1ccccc1. The van der Waals surface area contributed by atoms with Crippen LogP contribution in [0.25, 0.3) is 0 Å². The molecule has 0 saturated heterocycles. The summed E-state index contributed by atoms with van der Waals surface area (Å²) >= 11 is 0. The van der Waals surface area contributed by atoms with E-state index in [-0.39, 0.29) is 6.42 Å². The Morgan fingerprint density at radius 2 is 1.81 bits per heavy atom. The van der Waals surface area contributed by atoms with Crippen molar-refractivity contribution in [1.29, 1.82) is 0 Å². The van der Waals surface area contributed by atoms with Crippen LogP contribution < -0.4 is 11.1 Å². The summed E-state index contributed by atoms with van der Waals surface area (Å²) in [7, 11) is 0. The summed E-state index contributed by atoms with van der Waals surface area (Å²) in [4.78, 5) is 35.8. The summed E-state index contributed by atoms with van der Waals surface area (Å²) in [6.07, 6.45) is -1.75. The van der Waals surface area contributed by atoms with Crippen LogP contribution in [0.1, 0.15) is 45.3 Å². The number of carbonyl (C=O) groups is 3. The summed E-state index contributed by atoms with van der Waals surface area (Å²) in [6, 6.07) is 7.21. The molecule has 4 N–H and O–H groups in total. The molecule has 8 heteroatoms. The van der Waals surface area contributed by atoms with Crippen molar-refractivity contribution >= 4 is 18.0 Å². The number of nitrogens with two attached hydrogens (primary N) is 1. The lowest BCUT2D eigenvalue weighted by Gasteiger charge is -2.24. The number of hydrogen-bond donors (Lipinski definition) is 3. The van der Waals surface area contributed by atoms with Gasteiger partial charge in [-0.25, -0.2) is 14.4 Å². The number of rotatable bonds is 8. The minimum absolute atomic E-state index is 0.156. The van der Waals surface area contributed by atoms with Gasteiger partial charge in [0.25, 0.3) is 0 Å². The second-order valence-corrected chi connectivity index (χ2v) is 6.70. The number of benzene rings is 1. The van der Waals surface area contributed by atoms with Gasteiger partial charge in [0.15, 0.2) is 0 Å². The first-order chi connectivity index (χ1) is 12.1. The van der Waals surface area contributed by atoms with Crippen LogP contribution in [-0.4, -0.2) is 41.3 Å². The third-order valence-corrected chi connectivity index (χ3v) is 3.24. The topological polar surface area (TPSA) is 128 Å². The Morgan fingerprint density at radius 3 is 2.31 bits per heavy atom. The molecule has 1 unspecified atom stereocenters. The lowest BCUT2D eigenvalue weighted by Crippen LogP contribution is -2.42. The van der Waals surface area contributed by atoms with Crippen molar-refractivity contribution < 1.29 is 29.0 Å². The van der Waals surface area contributed by atoms with E-state index in [1.165, 1.54) is 0 Å². The first-order valence-corrected chi connectivity index (χ1v) is 8.32. The minimum Gasteiger partial charge on any atom is -0.480 e. The molecule has 0 saturated carbocycles. The Morgan fingerprint density at radius 1 is 1.19 bits per heavy atom. The smallest absolute Gasteiger partial charge is 0.409 e. The molecule has 0 aromatic heterocycles. The van der Waals surface area contributed by atoms with E-state index < -0.39 is 35.8 Å². The van der Waals surface area contributed by atoms with Crippen LogP contribution >= 0.6 is 0 Å². The average Bonchev–Trinajstić information content (AvgIpc) is 2.55. The van der Waals surface area contributed by atoms with E-state index in [4.69, 9.17) is 20.3 Å². The Hall–Kier alpha value is -2.61. The predicted octanol–water partition coefficient (Wildman–Crippen LogP) is 1.99. The minimum atomic E-state index is -1.31. The lowest BCUT2D eigenvalue weighted by atomic mass is 10.1. The molecule has 8 nitrogen and oxygen atoms in total. The standard InChI is InChI=1S/C18H26N2O6/c1-18(2,3)26-16(23)14(12-8-5-4-6-9-12)25-17(24)20-13(15(21)22)10-7-11-19/h4-6,8-9,13-14H,7,10-11,19H2,1-3H3,(H,20,24)(H,21,22)/t13-,14?/m0/s1. The van der Waals surface area contributed by atoms with Gasteiger partial charge in [-0.05, 0) is 40.2 Å². The molecule has 0 bridgehead atoms. The molecule has 0 spiro atoms. The normalized spacial score (nSPS) is 13.4. The van der Waals surface area contributed by atoms with Crippen LogP contribution in [0.5, 0.6) is 0 Å².